The van der Waals surface area contributed by atoms with Crippen LogP contribution in [0, 0.1) is 13.8 Å². The largest absolute Gasteiger partial charge is 0.490 e. The van der Waals surface area contributed by atoms with Crippen molar-refractivity contribution in [3.8, 4) is 11.5 Å². The molecule has 0 aliphatic rings. The van der Waals surface area contributed by atoms with E-state index in [1.165, 1.54) is 17.4 Å². The highest BCUT2D eigenvalue weighted by Gasteiger charge is 2.12. The second kappa shape index (κ2) is 10.3. The SMILES string of the molecule is CCCOc1ccc(/C=C/C(=O)OCc2nc3sc(C)c(C)c3c(=O)[nH]2)cc1OCC. The number of hydrogen-bond acceptors (Lipinski definition) is 7. The van der Waals surface area contributed by atoms with Crippen molar-refractivity contribution >= 4 is 33.6 Å². The molecule has 0 saturated heterocycles. The lowest BCUT2D eigenvalue weighted by Gasteiger charge is -2.12. The molecule has 164 valence electrons. The number of carbonyl (C=O) groups excluding carboxylic acids is 1. The van der Waals surface area contributed by atoms with Crippen LogP contribution in [0.5, 0.6) is 11.5 Å². The molecule has 3 aromatic rings. The highest BCUT2D eigenvalue weighted by Crippen LogP contribution is 2.29. The molecule has 0 saturated carbocycles. The fraction of sp³-hybridized carbons (Fsp3) is 0.348. The van der Waals surface area contributed by atoms with Crippen molar-refractivity contribution in [3.05, 3.63) is 56.5 Å². The van der Waals surface area contributed by atoms with Gasteiger partial charge in [0.25, 0.3) is 5.56 Å². The number of carbonyl (C=O) groups is 1. The third-order valence-corrected chi connectivity index (χ3v) is 5.68. The molecule has 1 N–H and O–H groups in total. The molecule has 0 unspecified atom stereocenters. The molecule has 1 aromatic carbocycles. The quantitative estimate of drug-likeness (QED) is 0.386. The molecule has 0 spiro atoms. The van der Waals surface area contributed by atoms with Gasteiger partial charge in [0.1, 0.15) is 17.3 Å². The monoisotopic (exact) mass is 442 g/mol. The van der Waals surface area contributed by atoms with Crippen LogP contribution in [0.15, 0.2) is 29.1 Å². The smallest absolute Gasteiger partial charge is 0.331 e. The van der Waals surface area contributed by atoms with Gasteiger partial charge < -0.3 is 19.2 Å². The average molecular weight is 443 g/mol. The van der Waals surface area contributed by atoms with E-state index >= 15 is 0 Å². The van der Waals surface area contributed by atoms with Crippen molar-refractivity contribution in [1.29, 1.82) is 0 Å². The minimum atomic E-state index is -0.537. The third kappa shape index (κ3) is 5.52. The minimum Gasteiger partial charge on any atom is -0.490 e. The normalized spacial score (nSPS) is 11.2. The molecule has 0 fully saturated rings. The highest BCUT2D eigenvalue weighted by atomic mass is 32.1. The number of aromatic nitrogens is 2. The Balaban J connectivity index is 1.66. The van der Waals surface area contributed by atoms with Gasteiger partial charge in [-0.2, -0.15) is 0 Å². The number of fused-ring (bicyclic) bond motifs is 1. The van der Waals surface area contributed by atoms with E-state index in [1.807, 2.05) is 45.9 Å². The summed E-state index contributed by atoms with van der Waals surface area (Å²) >= 11 is 1.45. The molecule has 0 aliphatic heterocycles. The first-order valence-corrected chi connectivity index (χ1v) is 11.0. The zero-order chi connectivity index (χ0) is 22.4. The first-order valence-electron chi connectivity index (χ1n) is 10.2. The van der Waals surface area contributed by atoms with Crippen LogP contribution in [-0.2, 0) is 16.1 Å². The van der Waals surface area contributed by atoms with Crippen LogP contribution in [0.3, 0.4) is 0 Å². The average Bonchev–Trinajstić information content (AvgIpc) is 3.04. The number of nitrogens with zero attached hydrogens (tertiary/aromatic N) is 1. The van der Waals surface area contributed by atoms with Gasteiger partial charge in [-0.3, -0.25) is 4.79 Å². The summed E-state index contributed by atoms with van der Waals surface area (Å²) in [5, 5.41) is 0.592. The van der Waals surface area contributed by atoms with Crippen molar-refractivity contribution in [3.63, 3.8) is 0 Å². The van der Waals surface area contributed by atoms with Gasteiger partial charge in [-0.15, -0.1) is 11.3 Å². The van der Waals surface area contributed by atoms with Gasteiger partial charge in [0.2, 0.25) is 0 Å². The number of aryl methyl sites for hydroxylation is 2. The fourth-order valence-electron chi connectivity index (χ4n) is 2.95. The molecule has 31 heavy (non-hydrogen) atoms. The van der Waals surface area contributed by atoms with E-state index in [-0.39, 0.29) is 12.2 Å². The number of benzene rings is 1. The Morgan fingerprint density at radius 3 is 2.74 bits per heavy atom. The van der Waals surface area contributed by atoms with Crippen molar-refractivity contribution in [1.82, 2.24) is 9.97 Å². The minimum absolute atomic E-state index is 0.113. The third-order valence-electron chi connectivity index (χ3n) is 4.58. The summed E-state index contributed by atoms with van der Waals surface area (Å²) in [6.45, 7) is 8.79. The number of aromatic amines is 1. The van der Waals surface area contributed by atoms with Crippen molar-refractivity contribution in [2.45, 2.75) is 40.7 Å². The maximum Gasteiger partial charge on any atom is 0.331 e. The predicted octanol–water partition coefficient (Wildman–Crippen LogP) is 4.55. The Bertz CT molecular complexity index is 1160. The molecule has 2 aromatic heterocycles. The Kier molecular flexibility index (Phi) is 7.46. The lowest BCUT2D eigenvalue weighted by atomic mass is 10.2. The number of esters is 1. The summed E-state index contributed by atoms with van der Waals surface area (Å²) in [6, 6.07) is 5.47. The molecule has 0 atom stereocenters. The van der Waals surface area contributed by atoms with Gasteiger partial charge in [0, 0.05) is 11.0 Å². The number of H-pyrrole nitrogens is 1. The van der Waals surface area contributed by atoms with E-state index in [9.17, 15) is 9.59 Å². The molecule has 8 heteroatoms. The number of hydrogen-bond donors (Lipinski definition) is 1. The van der Waals surface area contributed by atoms with Crippen molar-refractivity contribution in [2.24, 2.45) is 0 Å². The molecule has 0 bridgehead atoms. The summed E-state index contributed by atoms with van der Waals surface area (Å²) < 4.78 is 16.5. The van der Waals surface area contributed by atoms with Crippen LogP contribution in [0.2, 0.25) is 0 Å². The van der Waals surface area contributed by atoms with Crippen LogP contribution >= 0.6 is 11.3 Å². The Morgan fingerprint density at radius 2 is 2.00 bits per heavy atom. The van der Waals surface area contributed by atoms with Crippen LogP contribution in [0.25, 0.3) is 16.3 Å². The topological polar surface area (TPSA) is 90.5 Å². The molecular weight excluding hydrogens is 416 g/mol. The van der Waals surface area contributed by atoms with Crippen molar-refractivity contribution < 1.29 is 19.0 Å². The van der Waals surface area contributed by atoms with Gasteiger partial charge in [0.05, 0.1) is 18.6 Å². The summed E-state index contributed by atoms with van der Waals surface area (Å²) in [5.74, 6) is 1.08. The maximum absolute atomic E-state index is 12.3. The molecule has 0 amide bonds. The van der Waals surface area contributed by atoms with Crippen LogP contribution in [0.1, 0.15) is 42.1 Å². The van der Waals surface area contributed by atoms with Gasteiger partial charge in [-0.05, 0) is 56.5 Å². The highest BCUT2D eigenvalue weighted by molar-refractivity contribution is 7.18. The van der Waals surface area contributed by atoms with Crippen LogP contribution in [-0.4, -0.2) is 29.2 Å². The first kappa shape index (κ1) is 22.6. The van der Waals surface area contributed by atoms with Crippen LogP contribution in [0.4, 0.5) is 0 Å². The van der Waals surface area contributed by atoms with Crippen LogP contribution < -0.4 is 15.0 Å². The molecule has 3 rings (SSSR count). The van der Waals surface area contributed by atoms with Gasteiger partial charge in [0.15, 0.2) is 11.5 Å². The second-order valence-electron chi connectivity index (χ2n) is 6.90. The number of rotatable bonds is 9. The summed E-state index contributed by atoms with van der Waals surface area (Å²) in [6.07, 6.45) is 3.87. The Labute approximate surface area is 184 Å². The molecule has 0 radical (unpaired) electrons. The Hall–Kier alpha value is -3.13. The predicted molar refractivity (Wildman–Crippen MR) is 122 cm³/mol. The zero-order valence-electron chi connectivity index (χ0n) is 18.1. The first-order chi connectivity index (χ1) is 14.9. The second-order valence-corrected chi connectivity index (χ2v) is 8.11. The van der Waals surface area contributed by atoms with Gasteiger partial charge >= 0.3 is 5.97 Å². The van der Waals surface area contributed by atoms with E-state index in [2.05, 4.69) is 9.97 Å². The molecule has 0 aliphatic carbocycles. The van der Waals surface area contributed by atoms with E-state index in [4.69, 9.17) is 14.2 Å². The van der Waals surface area contributed by atoms with E-state index in [0.717, 1.165) is 22.4 Å². The maximum atomic E-state index is 12.3. The number of ether oxygens (including phenoxy) is 3. The lowest BCUT2D eigenvalue weighted by Crippen LogP contribution is -2.13. The van der Waals surface area contributed by atoms with E-state index < -0.39 is 5.97 Å². The molecule has 7 nitrogen and oxygen atoms in total. The lowest BCUT2D eigenvalue weighted by molar-refractivity contribution is -0.139. The number of nitrogens with one attached hydrogen (secondary N) is 1. The van der Waals surface area contributed by atoms with Gasteiger partial charge in [-0.1, -0.05) is 13.0 Å². The number of thiophene rings is 1. The molecular formula is C23H26N2O5S. The standard InChI is InChI=1S/C23H26N2O5S/c1-5-11-29-17-9-7-16(12-18(17)28-6-2)8-10-20(26)30-13-19-24-22(27)21-14(3)15(4)31-23(21)25-19/h7-10,12H,5-6,11,13H2,1-4H3,(H,24,25,27)/b10-8+. The summed E-state index contributed by atoms with van der Waals surface area (Å²) in [4.78, 5) is 33.2. The molecule has 2 heterocycles. The van der Waals surface area contributed by atoms with Gasteiger partial charge in [-0.25, -0.2) is 9.78 Å². The summed E-state index contributed by atoms with van der Waals surface area (Å²) in [7, 11) is 0. The van der Waals surface area contributed by atoms with E-state index in [0.29, 0.717) is 40.8 Å². The van der Waals surface area contributed by atoms with Crippen molar-refractivity contribution in [2.75, 3.05) is 13.2 Å². The zero-order valence-corrected chi connectivity index (χ0v) is 18.9. The van der Waals surface area contributed by atoms with E-state index in [1.54, 1.807) is 6.08 Å². The fourth-order valence-corrected chi connectivity index (χ4v) is 4.00. The Morgan fingerprint density at radius 1 is 1.19 bits per heavy atom. The summed E-state index contributed by atoms with van der Waals surface area (Å²) in [5.41, 5.74) is 1.49.